The number of anilines is 1. The second-order valence-electron chi connectivity index (χ2n) is 4.72. The summed E-state index contributed by atoms with van der Waals surface area (Å²) in [5.74, 6) is 0.870. The summed E-state index contributed by atoms with van der Waals surface area (Å²) in [6.45, 7) is 0.450. The van der Waals surface area contributed by atoms with Crippen molar-refractivity contribution in [2.45, 2.75) is 31.9 Å². The Bertz CT molecular complexity index is 413. The Hall–Kier alpha value is -1.39. The average Bonchev–Trinajstić information content (AvgIpc) is 2.20. The Morgan fingerprint density at radius 2 is 1.94 bits per heavy atom. The number of rotatable bonds is 4. The zero-order valence-corrected chi connectivity index (χ0v) is 9.96. The Morgan fingerprint density at radius 3 is 2.50 bits per heavy atom. The van der Waals surface area contributed by atoms with E-state index in [2.05, 4.69) is 0 Å². The van der Waals surface area contributed by atoms with Gasteiger partial charge in [0.1, 0.15) is 5.75 Å². The minimum absolute atomic E-state index is 0.0727. The van der Waals surface area contributed by atoms with Crippen molar-refractivity contribution in [3.05, 3.63) is 23.8 Å². The molecule has 2 rings (SSSR count). The molecule has 1 fully saturated rings. The number of hydrogen-bond acceptors (Lipinski definition) is 2. The van der Waals surface area contributed by atoms with E-state index in [9.17, 15) is 13.2 Å². The first-order valence-corrected chi connectivity index (χ1v) is 6.06. The highest BCUT2D eigenvalue weighted by Gasteiger charge is 2.31. The molecule has 1 aliphatic rings. The summed E-state index contributed by atoms with van der Waals surface area (Å²) in [6, 6.07) is 3.34. The van der Waals surface area contributed by atoms with Crippen LogP contribution in [0.1, 0.15) is 31.2 Å². The largest absolute Gasteiger partial charge is 0.493 e. The molecule has 1 aliphatic carbocycles. The Balaban J connectivity index is 1.96. The van der Waals surface area contributed by atoms with Crippen LogP contribution in [0.3, 0.4) is 0 Å². The molecule has 0 heterocycles. The molecule has 0 saturated heterocycles. The normalized spacial score (nSPS) is 16.4. The molecule has 0 amide bonds. The van der Waals surface area contributed by atoms with Gasteiger partial charge in [-0.2, -0.15) is 13.2 Å². The predicted octanol–water partition coefficient (Wildman–Crippen LogP) is 3.86. The summed E-state index contributed by atoms with van der Waals surface area (Å²) in [4.78, 5) is 0. The number of ether oxygens (including phenoxy) is 1. The van der Waals surface area contributed by atoms with E-state index in [0.717, 1.165) is 18.6 Å². The minimum atomic E-state index is -4.39. The fourth-order valence-corrected chi connectivity index (χ4v) is 1.99. The van der Waals surface area contributed by atoms with Crippen LogP contribution >= 0.6 is 0 Å². The molecule has 0 atom stereocenters. The molecule has 1 saturated carbocycles. The van der Waals surface area contributed by atoms with Crippen molar-refractivity contribution >= 4 is 5.69 Å². The number of alkyl halides is 3. The lowest BCUT2D eigenvalue weighted by molar-refractivity contribution is -0.137. The van der Waals surface area contributed by atoms with Gasteiger partial charge in [0.15, 0.2) is 0 Å². The summed E-state index contributed by atoms with van der Waals surface area (Å²) >= 11 is 0. The van der Waals surface area contributed by atoms with Crippen LogP contribution in [0.25, 0.3) is 0 Å². The highest BCUT2D eigenvalue weighted by molar-refractivity contribution is 5.48. The van der Waals surface area contributed by atoms with Gasteiger partial charge in [-0.15, -0.1) is 0 Å². The lowest BCUT2D eigenvalue weighted by atomic mass is 9.83. The Kier molecular flexibility index (Phi) is 3.68. The third kappa shape index (κ3) is 3.31. The van der Waals surface area contributed by atoms with Crippen molar-refractivity contribution in [2.24, 2.45) is 5.92 Å². The fourth-order valence-electron chi connectivity index (χ4n) is 1.99. The second-order valence-corrected chi connectivity index (χ2v) is 4.72. The van der Waals surface area contributed by atoms with Gasteiger partial charge < -0.3 is 10.5 Å². The number of halogens is 3. The fraction of sp³-hybridized carbons (Fsp3) is 0.538. The highest BCUT2D eigenvalue weighted by Crippen LogP contribution is 2.34. The molecule has 1 aromatic carbocycles. The summed E-state index contributed by atoms with van der Waals surface area (Å²) in [7, 11) is 0. The molecular weight excluding hydrogens is 243 g/mol. The van der Waals surface area contributed by atoms with E-state index in [1.807, 2.05) is 0 Å². The third-order valence-corrected chi connectivity index (χ3v) is 3.28. The topological polar surface area (TPSA) is 35.2 Å². The molecule has 2 N–H and O–H groups in total. The maximum Gasteiger partial charge on any atom is 0.416 e. The first kappa shape index (κ1) is 13.1. The number of hydrogen-bond donors (Lipinski definition) is 1. The van der Waals surface area contributed by atoms with Gasteiger partial charge in [-0.3, -0.25) is 0 Å². The van der Waals surface area contributed by atoms with Gasteiger partial charge >= 0.3 is 6.18 Å². The summed E-state index contributed by atoms with van der Waals surface area (Å²) in [5, 5.41) is 0. The van der Waals surface area contributed by atoms with E-state index in [1.54, 1.807) is 0 Å². The lowest BCUT2D eigenvalue weighted by Gasteiger charge is -2.25. The monoisotopic (exact) mass is 259 g/mol. The third-order valence-electron chi connectivity index (χ3n) is 3.28. The smallest absolute Gasteiger partial charge is 0.416 e. The standard InChI is InChI=1S/C13H16F3NO/c14-13(15,16)10-6-11(17)8-12(7-10)18-5-4-9-2-1-3-9/h6-9H,1-5,17H2. The maximum atomic E-state index is 12.6. The first-order chi connectivity index (χ1) is 8.45. The quantitative estimate of drug-likeness (QED) is 0.833. The molecule has 0 aromatic heterocycles. The second kappa shape index (κ2) is 5.08. The van der Waals surface area contributed by atoms with E-state index in [0.29, 0.717) is 12.5 Å². The van der Waals surface area contributed by atoms with Crippen LogP contribution in [-0.2, 0) is 6.18 Å². The van der Waals surface area contributed by atoms with Crippen LogP contribution in [0, 0.1) is 5.92 Å². The molecule has 0 spiro atoms. The van der Waals surface area contributed by atoms with Crippen molar-refractivity contribution in [2.75, 3.05) is 12.3 Å². The van der Waals surface area contributed by atoms with Crippen molar-refractivity contribution in [3.63, 3.8) is 0 Å². The van der Waals surface area contributed by atoms with Crippen molar-refractivity contribution in [1.82, 2.24) is 0 Å². The van der Waals surface area contributed by atoms with E-state index >= 15 is 0 Å². The predicted molar refractivity (Wildman–Crippen MR) is 63.3 cm³/mol. The SMILES string of the molecule is Nc1cc(OCCC2CCC2)cc(C(F)(F)F)c1. The zero-order valence-electron chi connectivity index (χ0n) is 9.96. The van der Waals surface area contributed by atoms with Gasteiger partial charge in [0.25, 0.3) is 0 Å². The van der Waals surface area contributed by atoms with E-state index in [-0.39, 0.29) is 11.4 Å². The summed E-state index contributed by atoms with van der Waals surface area (Å²) < 4.78 is 43.0. The average molecular weight is 259 g/mol. The van der Waals surface area contributed by atoms with Gasteiger partial charge in [0.05, 0.1) is 12.2 Å². The van der Waals surface area contributed by atoms with E-state index in [4.69, 9.17) is 10.5 Å². The van der Waals surface area contributed by atoms with Gasteiger partial charge in [0, 0.05) is 11.8 Å². The molecule has 0 bridgehead atoms. The van der Waals surface area contributed by atoms with Crippen LogP contribution in [-0.4, -0.2) is 6.61 Å². The molecule has 0 unspecified atom stereocenters. The molecule has 0 radical (unpaired) electrons. The number of benzene rings is 1. The van der Waals surface area contributed by atoms with Crippen LogP contribution in [0.2, 0.25) is 0 Å². The van der Waals surface area contributed by atoms with Crippen molar-refractivity contribution in [3.8, 4) is 5.75 Å². The Morgan fingerprint density at radius 1 is 1.22 bits per heavy atom. The molecule has 1 aromatic rings. The van der Waals surface area contributed by atoms with Gasteiger partial charge in [-0.05, 0) is 24.5 Å². The Labute approximate surface area is 104 Å². The summed E-state index contributed by atoms with van der Waals surface area (Å²) in [5.41, 5.74) is 4.75. The highest BCUT2D eigenvalue weighted by atomic mass is 19.4. The van der Waals surface area contributed by atoms with Crippen LogP contribution in [0.15, 0.2) is 18.2 Å². The van der Waals surface area contributed by atoms with E-state index < -0.39 is 11.7 Å². The van der Waals surface area contributed by atoms with E-state index in [1.165, 1.54) is 25.3 Å². The number of nitrogens with two attached hydrogens (primary N) is 1. The summed E-state index contributed by atoms with van der Waals surface area (Å²) in [6.07, 6.45) is 0.168. The van der Waals surface area contributed by atoms with Crippen LogP contribution in [0.5, 0.6) is 5.75 Å². The van der Waals surface area contributed by atoms with Gasteiger partial charge in [0.2, 0.25) is 0 Å². The molecule has 100 valence electrons. The minimum Gasteiger partial charge on any atom is -0.493 e. The molecule has 5 heteroatoms. The van der Waals surface area contributed by atoms with Gasteiger partial charge in [-0.1, -0.05) is 19.3 Å². The number of nitrogen functional groups attached to an aromatic ring is 1. The van der Waals surface area contributed by atoms with Crippen LogP contribution in [0.4, 0.5) is 18.9 Å². The lowest BCUT2D eigenvalue weighted by Crippen LogP contribution is -2.14. The molecule has 2 nitrogen and oxygen atoms in total. The van der Waals surface area contributed by atoms with Crippen molar-refractivity contribution in [1.29, 1.82) is 0 Å². The zero-order chi connectivity index (χ0) is 13.2. The molecular formula is C13H16F3NO. The van der Waals surface area contributed by atoms with Crippen LogP contribution < -0.4 is 10.5 Å². The first-order valence-electron chi connectivity index (χ1n) is 6.06. The molecule has 18 heavy (non-hydrogen) atoms. The molecule has 0 aliphatic heterocycles. The van der Waals surface area contributed by atoms with Gasteiger partial charge in [-0.25, -0.2) is 0 Å². The maximum absolute atomic E-state index is 12.6. The van der Waals surface area contributed by atoms with Crippen molar-refractivity contribution < 1.29 is 17.9 Å².